The van der Waals surface area contributed by atoms with Gasteiger partial charge in [0.2, 0.25) is 5.91 Å². The summed E-state index contributed by atoms with van der Waals surface area (Å²) in [6, 6.07) is 17.2. The molecule has 2 aromatic carbocycles. The van der Waals surface area contributed by atoms with Crippen molar-refractivity contribution in [1.82, 2.24) is 9.80 Å². The average molecular weight is 309 g/mol. The molecule has 4 heteroatoms. The number of benzene rings is 2. The largest absolute Gasteiger partial charge is 0.457 e. The number of carbonyl (C=O) groups excluding carboxylic acids is 1. The fourth-order valence-corrected chi connectivity index (χ4v) is 2.55. The molecule has 1 aliphatic rings. The summed E-state index contributed by atoms with van der Waals surface area (Å²) >= 11 is 0. The Labute approximate surface area is 137 Å². The molecule has 1 amide bonds. The number of rotatable bonds is 4. The third-order valence-corrected chi connectivity index (χ3v) is 3.94. The van der Waals surface area contributed by atoms with Crippen molar-refractivity contribution in [3.05, 3.63) is 66.6 Å². The minimum atomic E-state index is 0.0648. The molecule has 0 aliphatic carbocycles. The van der Waals surface area contributed by atoms with Crippen molar-refractivity contribution in [1.29, 1.82) is 0 Å². The highest BCUT2D eigenvalue weighted by Crippen LogP contribution is 2.22. The molecule has 23 heavy (non-hydrogen) atoms. The van der Waals surface area contributed by atoms with Crippen LogP contribution in [0.2, 0.25) is 0 Å². The first-order valence-corrected chi connectivity index (χ1v) is 7.86. The van der Waals surface area contributed by atoms with Gasteiger partial charge in [-0.1, -0.05) is 30.3 Å². The number of nitrogens with zero attached hydrogens (tertiary/aromatic N) is 2. The maximum atomic E-state index is 12.4. The van der Waals surface area contributed by atoms with Crippen LogP contribution in [0.4, 0.5) is 0 Å². The van der Waals surface area contributed by atoms with E-state index in [1.165, 1.54) is 0 Å². The van der Waals surface area contributed by atoms with Gasteiger partial charge in [-0.2, -0.15) is 0 Å². The monoisotopic (exact) mass is 309 g/mol. The summed E-state index contributed by atoms with van der Waals surface area (Å²) in [7, 11) is 2.08. The normalized spacial score (nSPS) is 15.4. The Balaban J connectivity index is 1.62. The van der Waals surface area contributed by atoms with Crippen LogP contribution in [0.1, 0.15) is 5.56 Å². The standard InChI is InChI=1S/C19H21N2O2/c1-20-10-12-21(13-11-20)19(22)15-16-6-5-9-18(14-16)23-17-7-3-2-4-8-17/h2-9,14-15H,10-13H2,1H3. The van der Waals surface area contributed by atoms with Crippen LogP contribution in [0.25, 0.3) is 0 Å². The number of piperazine rings is 1. The molecule has 3 rings (SSSR count). The van der Waals surface area contributed by atoms with E-state index in [1.54, 1.807) is 6.42 Å². The van der Waals surface area contributed by atoms with Crippen molar-refractivity contribution in [2.45, 2.75) is 0 Å². The van der Waals surface area contributed by atoms with Gasteiger partial charge in [-0.25, -0.2) is 0 Å². The third kappa shape index (κ3) is 4.33. The van der Waals surface area contributed by atoms with E-state index >= 15 is 0 Å². The molecule has 0 atom stereocenters. The summed E-state index contributed by atoms with van der Waals surface area (Å²) in [6.07, 6.45) is 1.68. The van der Waals surface area contributed by atoms with Crippen LogP contribution in [-0.4, -0.2) is 48.9 Å². The van der Waals surface area contributed by atoms with Crippen molar-refractivity contribution in [2.24, 2.45) is 0 Å². The molecule has 0 aromatic heterocycles. The summed E-state index contributed by atoms with van der Waals surface area (Å²) < 4.78 is 5.81. The second-order valence-electron chi connectivity index (χ2n) is 5.76. The van der Waals surface area contributed by atoms with Crippen LogP contribution < -0.4 is 4.74 Å². The number of likely N-dealkylation sites (N-methyl/N-ethyl adjacent to an activating group) is 1. The Bertz CT molecular complexity index is 649. The lowest BCUT2D eigenvalue weighted by atomic mass is 10.1. The smallest absolute Gasteiger partial charge is 0.231 e. The minimum Gasteiger partial charge on any atom is -0.457 e. The fourth-order valence-electron chi connectivity index (χ4n) is 2.55. The van der Waals surface area contributed by atoms with Gasteiger partial charge in [-0.05, 0) is 36.9 Å². The van der Waals surface area contributed by atoms with Gasteiger partial charge >= 0.3 is 0 Å². The Hall–Kier alpha value is -2.33. The SMILES string of the molecule is CN1CCN(C(=O)[CH]c2cccc(Oc3ccccc3)c2)CC1. The molecule has 1 heterocycles. The first kappa shape index (κ1) is 15.6. The molecule has 2 aromatic rings. The molecular formula is C19H21N2O2. The van der Waals surface area contributed by atoms with Gasteiger partial charge in [-0.3, -0.25) is 4.79 Å². The van der Waals surface area contributed by atoms with Crippen molar-refractivity contribution in [3.8, 4) is 11.5 Å². The zero-order valence-corrected chi connectivity index (χ0v) is 13.3. The van der Waals surface area contributed by atoms with Gasteiger partial charge in [-0.15, -0.1) is 0 Å². The van der Waals surface area contributed by atoms with Crippen LogP contribution in [0, 0.1) is 6.42 Å². The van der Waals surface area contributed by atoms with Gasteiger partial charge in [0.1, 0.15) is 11.5 Å². The molecule has 0 bridgehead atoms. The number of carbonyl (C=O) groups is 1. The van der Waals surface area contributed by atoms with Crippen LogP contribution in [0.5, 0.6) is 11.5 Å². The highest BCUT2D eigenvalue weighted by molar-refractivity contribution is 5.88. The molecular weight excluding hydrogens is 288 g/mol. The lowest BCUT2D eigenvalue weighted by molar-refractivity contribution is -0.128. The van der Waals surface area contributed by atoms with E-state index in [0.717, 1.165) is 43.2 Å². The number of ether oxygens (including phenoxy) is 1. The Kier molecular flexibility index (Phi) is 4.93. The summed E-state index contributed by atoms with van der Waals surface area (Å²) in [4.78, 5) is 16.5. The molecule has 119 valence electrons. The number of hydrogen-bond acceptors (Lipinski definition) is 3. The Morgan fingerprint density at radius 1 is 0.957 bits per heavy atom. The van der Waals surface area contributed by atoms with Crippen LogP contribution in [-0.2, 0) is 4.79 Å². The fraction of sp³-hybridized carbons (Fsp3) is 0.263. The van der Waals surface area contributed by atoms with Gasteiger partial charge < -0.3 is 14.5 Å². The molecule has 1 radical (unpaired) electrons. The van der Waals surface area contributed by atoms with Crippen LogP contribution >= 0.6 is 0 Å². The lowest BCUT2D eigenvalue weighted by Crippen LogP contribution is -2.47. The average Bonchev–Trinajstić information content (AvgIpc) is 2.57. The molecule has 0 saturated carbocycles. The van der Waals surface area contributed by atoms with E-state index in [0.29, 0.717) is 0 Å². The lowest BCUT2D eigenvalue weighted by Gasteiger charge is -2.32. The first-order chi connectivity index (χ1) is 11.2. The van der Waals surface area contributed by atoms with Crippen molar-refractivity contribution < 1.29 is 9.53 Å². The van der Waals surface area contributed by atoms with Crippen molar-refractivity contribution in [2.75, 3.05) is 33.2 Å². The van der Waals surface area contributed by atoms with Crippen LogP contribution in [0.3, 0.4) is 0 Å². The molecule has 1 saturated heterocycles. The summed E-state index contributed by atoms with van der Waals surface area (Å²) in [5.41, 5.74) is 0.863. The highest BCUT2D eigenvalue weighted by Gasteiger charge is 2.19. The zero-order chi connectivity index (χ0) is 16.1. The van der Waals surface area contributed by atoms with E-state index in [2.05, 4.69) is 11.9 Å². The van der Waals surface area contributed by atoms with Crippen molar-refractivity contribution >= 4 is 5.91 Å². The number of hydrogen-bond donors (Lipinski definition) is 0. The summed E-state index contributed by atoms with van der Waals surface area (Å²) in [5.74, 6) is 1.58. The van der Waals surface area contributed by atoms with Gasteiger partial charge in [0.25, 0.3) is 0 Å². The van der Waals surface area contributed by atoms with E-state index in [1.807, 2.05) is 59.5 Å². The molecule has 1 fully saturated rings. The van der Waals surface area contributed by atoms with Gasteiger partial charge in [0.05, 0.1) is 6.42 Å². The summed E-state index contributed by atoms with van der Waals surface area (Å²) in [5, 5.41) is 0. The predicted octanol–water partition coefficient (Wildman–Crippen LogP) is 2.81. The van der Waals surface area contributed by atoms with E-state index in [-0.39, 0.29) is 5.91 Å². The molecule has 1 aliphatic heterocycles. The second-order valence-corrected chi connectivity index (χ2v) is 5.76. The van der Waals surface area contributed by atoms with Crippen molar-refractivity contribution in [3.63, 3.8) is 0 Å². The van der Waals surface area contributed by atoms with Crippen LogP contribution in [0.15, 0.2) is 54.6 Å². The molecule has 4 nitrogen and oxygen atoms in total. The Morgan fingerprint density at radius 2 is 1.65 bits per heavy atom. The zero-order valence-electron chi connectivity index (χ0n) is 13.3. The second kappa shape index (κ2) is 7.29. The highest BCUT2D eigenvalue weighted by atomic mass is 16.5. The number of amides is 1. The predicted molar refractivity (Wildman–Crippen MR) is 90.4 cm³/mol. The van der Waals surface area contributed by atoms with E-state index in [4.69, 9.17) is 4.74 Å². The molecule has 0 spiro atoms. The van der Waals surface area contributed by atoms with Gasteiger partial charge in [0, 0.05) is 26.2 Å². The maximum absolute atomic E-state index is 12.4. The quantitative estimate of drug-likeness (QED) is 0.870. The molecule has 0 unspecified atom stereocenters. The molecule has 0 N–H and O–H groups in total. The Morgan fingerprint density at radius 3 is 2.39 bits per heavy atom. The summed E-state index contributed by atoms with van der Waals surface area (Å²) in [6.45, 7) is 3.42. The first-order valence-electron chi connectivity index (χ1n) is 7.86. The maximum Gasteiger partial charge on any atom is 0.231 e. The van der Waals surface area contributed by atoms with E-state index < -0.39 is 0 Å². The van der Waals surface area contributed by atoms with E-state index in [9.17, 15) is 4.79 Å². The number of para-hydroxylation sites is 1. The third-order valence-electron chi connectivity index (χ3n) is 3.94. The topological polar surface area (TPSA) is 32.8 Å². The van der Waals surface area contributed by atoms with Gasteiger partial charge in [0.15, 0.2) is 0 Å². The minimum absolute atomic E-state index is 0.0648.